The number of nitrogens with zero attached hydrogens (tertiary/aromatic N) is 3. The van der Waals surface area contributed by atoms with Crippen molar-refractivity contribution in [1.29, 1.82) is 0 Å². The summed E-state index contributed by atoms with van der Waals surface area (Å²) in [6, 6.07) is 1.93. The van der Waals surface area contributed by atoms with Gasteiger partial charge in [0.15, 0.2) is 0 Å². The summed E-state index contributed by atoms with van der Waals surface area (Å²) in [6.07, 6.45) is 3.84. The molecule has 0 unspecified atom stereocenters. The lowest BCUT2D eigenvalue weighted by atomic mass is 10.3. The lowest BCUT2D eigenvalue weighted by molar-refractivity contribution is 0.388. The van der Waals surface area contributed by atoms with Crippen molar-refractivity contribution in [1.82, 2.24) is 20.3 Å². The van der Waals surface area contributed by atoms with Crippen LogP contribution in [0.3, 0.4) is 0 Å². The minimum atomic E-state index is 0.715. The predicted molar refractivity (Wildman–Crippen MR) is 55.0 cm³/mol. The van der Waals surface area contributed by atoms with Gasteiger partial charge in [-0.25, -0.2) is 0 Å². The highest BCUT2D eigenvalue weighted by Crippen LogP contribution is 2.01. The maximum absolute atomic E-state index is 4.96. The monoisotopic (exact) mass is 206 g/mol. The van der Waals surface area contributed by atoms with Gasteiger partial charge in [0.2, 0.25) is 0 Å². The molecule has 0 radical (unpaired) electrons. The average molecular weight is 206 g/mol. The van der Waals surface area contributed by atoms with Crippen LogP contribution < -0.4 is 5.32 Å². The molecular formula is C10H14N4O. The van der Waals surface area contributed by atoms with Crippen LogP contribution in [0.5, 0.6) is 0 Å². The van der Waals surface area contributed by atoms with Gasteiger partial charge in [0, 0.05) is 38.0 Å². The number of hydrogen-bond acceptors (Lipinski definition) is 4. The summed E-state index contributed by atoms with van der Waals surface area (Å²) >= 11 is 0. The van der Waals surface area contributed by atoms with E-state index < -0.39 is 0 Å². The van der Waals surface area contributed by atoms with E-state index in [2.05, 4.69) is 15.6 Å². The van der Waals surface area contributed by atoms with E-state index >= 15 is 0 Å². The molecule has 0 aliphatic carbocycles. The molecule has 80 valence electrons. The molecule has 5 nitrogen and oxygen atoms in total. The molecule has 5 heteroatoms. The SMILES string of the molecule is Cc1cc(CNCc2cnn(C)c2)no1. The molecule has 0 aromatic carbocycles. The molecule has 0 aliphatic heterocycles. The smallest absolute Gasteiger partial charge is 0.133 e. The molecule has 0 saturated heterocycles. The zero-order chi connectivity index (χ0) is 10.7. The van der Waals surface area contributed by atoms with Gasteiger partial charge in [0.05, 0.1) is 11.9 Å². The van der Waals surface area contributed by atoms with E-state index in [0.717, 1.165) is 23.6 Å². The molecule has 0 atom stereocenters. The molecule has 0 saturated carbocycles. The Morgan fingerprint density at radius 2 is 2.33 bits per heavy atom. The molecule has 1 N–H and O–H groups in total. The fourth-order valence-electron chi connectivity index (χ4n) is 1.40. The lowest BCUT2D eigenvalue weighted by Gasteiger charge is -1.98. The van der Waals surface area contributed by atoms with Crippen molar-refractivity contribution in [3.63, 3.8) is 0 Å². The molecule has 2 aromatic heterocycles. The van der Waals surface area contributed by atoms with Gasteiger partial charge in [-0.1, -0.05) is 5.16 Å². The van der Waals surface area contributed by atoms with E-state index in [0.29, 0.717) is 6.54 Å². The normalized spacial score (nSPS) is 10.8. The van der Waals surface area contributed by atoms with Crippen LogP contribution in [0.2, 0.25) is 0 Å². The second-order valence-corrected chi connectivity index (χ2v) is 3.55. The van der Waals surface area contributed by atoms with Crippen LogP contribution in [-0.4, -0.2) is 14.9 Å². The van der Waals surface area contributed by atoms with Gasteiger partial charge < -0.3 is 9.84 Å². The number of hydrogen-bond donors (Lipinski definition) is 1. The Balaban J connectivity index is 1.80. The van der Waals surface area contributed by atoms with Gasteiger partial charge in [-0.2, -0.15) is 5.10 Å². The van der Waals surface area contributed by atoms with Crippen LogP contribution in [0.1, 0.15) is 17.0 Å². The van der Waals surface area contributed by atoms with E-state index in [1.54, 1.807) is 4.68 Å². The molecule has 0 spiro atoms. The molecular weight excluding hydrogens is 192 g/mol. The van der Waals surface area contributed by atoms with Crippen LogP contribution in [0.15, 0.2) is 23.0 Å². The maximum Gasteiger partial charge on any atom is 0.133 e. The van der Waals surface area contributed by atoms with Crippen LogP contribution in [-0.2, 0) is 20.1 Å². The Kier molecular flexibility index (Phi) is 2.82. The summed E-state index contributed by atoms with van der Waals surface area (Å²) in [7, 11) is 1.91. The average Bonchev–Trinajstić information content (AvgIpc) is 2.76. The minimum absolute atomic E-state index is 0.715. The molecule has 0 fully saturated rings. The third kappa shape index (κ3) is 2.66. The van der Waals surface area contributed by atoms with Crippen molar-refractivity contribution in [3.05, 3.63) is 35.5 Å². The first-order chi connectivity index (χ1) is 7.24. The van der Waals surface area contributed by atoms with Crippen molar-refractivity contribution in [3.8, 4) is 0 Å². The Hall–Kier alpha value is -1.62. The highest BCUT2D eigenvalue weighted by molar-refractivity contribution is 5.05. The van der Waals surface area contributed by atoms with Crippen molar-refractivity contribution in [2.45, 2.75) is 20.0 Å². The Morgan fingerprint density at radius 1 is 1.47 bits per heavy atom. The molecule has 2 heterocycles. The van der Waals surface area contributed by atoms with Crippen LogP contribution in [0, 0.1) is 6.92 Å². The number of rotatable bonds is 4. The number of aromatic nitrogens is 3. The minimum Gasteiger partial charge on any atom is -0.361 e. The highest BCUT2D eigenvalue weighted by Gasteiger charge is 2.00. The molecule has 0 bridgehead atoms. The number of nitrogens with one attached hydrogen (secondary N) is 1. The fourth-order valence-corrected chi connectivity index (χ4v) is 1.40. The molecule has 15 heavy (non-hydrogen) atoms. The van der Waals surface area contributed by atoms with Gasteiger partial charge in [0.25, 0.3) is 0 Å². The van der Waals surface area contributed by atoms with Crippen molar-refractivity contribution >= 4 is 0 Å². The number of aryl methyl sites for hydroxylation is 2. The first-order valence-corrected chi connectivity index (χ1v) is 4.84. The van der Waals surface area contributed by atoms with Gasteiger partial charge in [-0.15, -0.1) is 0 Å². The Morgan fingerprint density at radius 3 is 2.93 bits per heavy atom. The molecule has 0 aliphatic rings. The van der Waals surface area contributed by atoms with E-state index in [9.17, 15) is 0 Å². The van der Waals surface area contributed by atoms with E-state index in [1.165, 1.54) is 0 Å². The molecule has 2 aromatic rings. The van der Waals surface area contributed by atoms with Gasteiger partial charge in [0.1, 0.15) is 5.76 Å². The predicted octanol–water partition coefficient (Wildman–Crippen LogP) is 1.01. The van der Waals surface area contributed by atoms with Gasteiger partial charge in [-0.05, 0) is 6.92 Å². The summed E-state index contributed by atoms with van der Waals surface area (Å²) < 4.78 is 6.75. The van der Waals surface area contributed by atoms with Crippen LogP contribution >= 0.6 is 0 Å². The summed E-state index contributed by atoms with van der Waals surface area (Å²) in [4.78, 5) is 0. The van der Waals surface area contributed by atoms with Gasteiger partial charge >= 0.3 is 0 Å². The fraction of sp³-hybridized carbons (Fsp3) is 0.400. The Bertz CT molecular complexity index is 392. The third-order valence-corrected chi connectivity index (χ3v) is 2.07. The van der Waals surface area contributed by atoms with Gasteiger partial charge in [-0.3, -0.25) is 4.68 Å². The van der Waals surface area contributed by atoms with E-state index in [-0.39, 0.29) is 0 Å². The maximum atomic E-state index is 4.96. The molecule has 2 rings (SSSR count). The topological polar surface area (TPSA) is 55.9 Å². The zero-order valence-corrected chi connectivity index (χ0v) is 8.90. The standard InChI is InChI=1S/C10H14N4O/c1-8-3-10(13-15-8)6-11-4-9-5-12-14(2)7-9/h3,5,7,11H,4,6H2,1-2H3. The summed E-state index contributed by atoms with van der Waals surface area (Å²) in [6.45, 7) is 3.39. The first kappa shape index (κ1) is 9.92. The largest absolute Gasteiger partial charge is 0.361 e. The summed E-state index contributed by atoms with van der Waals surface area (Å²) in [5, 5.41) is 11.3. The Labute approximate surface area is 88.1 Å². The summed E-state index contributed by atoms with van der Waals surface area (Å²) in [5.74, 6) is 0.841. The van der Waals surface area contributed by atoms with E-state index in [1.807, 2.05) is 32.4 Å². The summed E-state index contributed by atoms with van der Waals surface area (Å²) in [5.41, 5.74) is 2.09. The highest BCUT2D eigenvalue weighted by atomic mass is 16.5. The van der Waals surface area contributed by atoms with Crippen LogP contribution in [0.4, 0.5) is 0 Å². The zero-order valence-electron chi connectivity index (χ0n) is 8.90. The van der Waals surface area contributed by atoms with E-state index in [4.69, 9.17) is 4.52 Å². The lowest BCUT2D eigenvalue weighted by Crippen LogP contribution is -2.12. The second-order valence-electron chi connectivity index (χ2n) is 3.55. The second kappa shape index (κ2) is 4.27. The van der Waals surface area contributed by atoms with Crippen molar-refractivity contribution in [2.24, 2.45) is 7.05 Å². The third-order valence-electron chi connectivity index (χ3n) is 2.07. The van der Waals surface area contributed by atoms with Crippen molar-refractivity contribution < 1.29 is 4.52 Å². The molecule has 0 amide bonds. The van der Waals surface area contributed by atoms with Crippen LogP contribution in [0.25, 0.3) is 0 Å². The first-order valence-electron chi connectivity index (χ1n) is 4.84. The van der Waals surface area contributed by atoms with Crippen molar-refractivity contribution in [2.75, 3.05) is 0 Å². The quantitative estimate of drug-likeness (QED) is 0.811.